The zero-order valence-electron chi connectivity index (χ0n) is 15.7. The van der Waals surface area contributed by atoms with E-state index < -0.39 is 0 Å². The lowest BCUT2D eigenvalue weighted by Gasteiger charge is -2.28. The number of likely N-dealkylation sites (tertiary alicyclic amines) is 2. The number of hydrogen-bond acceptors (Lipinski definition) is 3. The summed E-state index contributed by atoms with van der Waals surface area (Å²) in [5.74, 6) is 1.94. The summed E-state index contributed by atoms with van der Waals surface area (Å²) < 4.78 is 6.03. The number of rotatable bonds is 7. The van der Waals surface area contributed by atoms with Gasteiger partial charge in [0.25, 0.3) is 0 Å². The van der Waals surface area contributed by atoms with E-state index in [9.17, 15) is 0 Å². The van der Waals surface area contributed by atoms with Gasteiger partial charge >= 0.3 is 0 Å². The third-order valence-corrected chi connectivity index (χ3v) is 6.31. The quantitative estimate of drug-likeness (QED) is 0.702. The Kier molecular flexibility index (Phi) is 5.94. The van der Waals surface area contributed by atoms with Crippen molar-refractivity contribution in [1.29, 1.82) is 0 Å². The van der Waals surface area contributed by atoms with E-state index >= 15 is 0 Å². The van der Waals surface area contributed by atoms with Crippen LogP contribution in [0.2, 0.25) is 0 Å². The molecule has 138 valence electrons. The van der Waals surface area contributed by atoms with Crippen LogP contribution in [0, 0.1) is 5.92 Å². The Morgan fingerprint density at radius 2 is 1.68 bits per heavy atom. The molecule has 2 aliphatic heterocycles. The van der Waals surface area contributed by atoms with Crippen molar-refractivity contribution in [3.63, 3.8) is 0 Å². The van der Waals surface area contributed by atoms with Crippen LogP contribution in [0.5, 0.6) is 5.75 Å². The largest absolute Gasteiger partial charge is 0.494 e. The third kappa shape index (κ3) is 4.77. The van der Waals surface area contributed by atoms with E-state index in [0.717, 1.165) is 24.7 Å². The van der Waals surface area contributed by atoms with E-state index in [0.29, 0.717) is 0 Å². The summed E-state index contributed by atoms with van der Waals surface area (Å²) in [5.41, 5.74) is 3.11. The van der Waals surface area contributed by atoms with Crippen LogP contribution in [0.15, 0.2) is 18.2 Å². The van der Waals surface area contributed by atoms with Crippen molar-refractivity contribution in [1.82, 2.24) is 9.80 Å². The van der Waals surface area contributed by atoms with Crippen molar-refractivity contribution in [3.05, 3.63) is 29.3 Å². The Balaban J connectivity index is 1.23. The average molecular weight is 343 g/mol. The minimum Gasteiger partial charge on any atom is -0.494 e. The molecule has 0 amide bonds. The fourth-order valence-corrected chi connectivity index (χ4v) is 4.87. The standard InChI is InChI=1S/C22H34N2O/c1-2-11-23(10-1)14-5-15-25-22-9-8-20-16-19(6-7-21(20)17-22)18-24-12-3-4-13-24/h8-9,17,19H,1-7,10-16,18H2. The first kappa shape index (κ1) is 17.4. The van der Waals surface area contributed by atoms with Gasteiger partial charge in [0, 0.05) is 13.1 Å². The molecule has 25 heavy (non-hydrogen) atoms. The molecule has 0 N–H and O–H groups in total. The van der Waals surface area contributed by atoms with E-state index in [1.165, 1.54) is 89.8 Å². The van der Waals surface area contributed by atoms with Gasteiger partial charge < -0.3 is 14.5 Å². The molecular weight excluding hydrogens is 308 g/mol. The monoisotopic (exact) mass is 342 g/mol. The highest BCUT2D eigenvalue weighted by Crippen LogP contribution is 2.29. The first-order chi connectivity index (χ1) is 12.4. The first-order valence-electron chi connectivity index (χ1n) is 10.6. The molecule has 0 radical (unpaired) electrons. The van der Waals surface area contributed by atoms with Crippen molar-refractivity contribution >= 4 is 0 Å². The molecule has 0 saturated carbocycles. The fourth-order valence-electron chi connectivity index (χ4n) is 4.87. The predicted octanol–water partition coefficient (Wildman–Crippen LogP) is 3.75. The SMILES string of the molecule is c1cc2c(cc1OCCCN1CCCC1)CCC(CN1CCCC1)C2. The zero-order valence-corrected chi connectivity index (χ0v) is 15.7. The summed E-state index contributed by atoms with van der Waals surface area (Å²) in [7, 11) is 0. The van der Waals surface area contributed by atoms with E-state index in [1.54, 1.807) is 5.56 Å². The number of nitrogens with zero attached hydrogens (tertiary/aromatic N) is 2. The van der Waals surface area contributed by atoms with E-state index in [4.69, 9.17) is 4.74 Å². The van der Waals surface area contributed by atoms with Gasteiger partial charge in [-0.1, -0.05) is 6.07 Å². The summed E-state index contributed by atoms with van der Waals surface area (Å²) in [4.78, 5) is 5.24. The van der Waals surface area contributed by atoms with Gasteiger partial charge in [0.1, 0.15) is 5.75 Å². The molecular formula is C22H34N2O. The second-order valence-corrected chi connectivity index (χ2v) is 8.30. The van der Waals surface area contributed by atoms with Crippen molar-refractivity contribution in [2.45, 2.75) is 51.4 Å². The van der Waals surface area contributed by atoms with Crippen LogP contribution in [0.1, 0.15) is 49.7 Å². The Bertz CT molecular complexity index is 547. The summed E-state index contributed by atoms with van der Waals surface area (Å²) in [6.07, 6.45) is 10.6. The van der Waals surface area contributed by atoms with Gasteiger partial charge in [-0.2, -0.15) is 0 Å². The van der Waals surface area contributed by atoms with Gasteiger partial charge in [0.05, 0.1) is 6.61 Å². The second-order valence-electron chi connectivity index (χ2n) is 8.30. The zero-order chi connectivity index (χ0) is 16.9. The first-order valence-corrected chi connectivity index (χ1v) is 10.6. The van der Waals surface area contributed by atoms with Gasteiger partial charge in [0.15, 0.2) is 0 Å². The smallest absolute Gasteiger partial charge is 0.119 e. The maximum absolute atomic E-state index is 6.03. The lowest BCUT2D eigenvalue weighted by atomic mass is 9.83. The molecule has 3 aliphatic rings. The van der Waals surface area contributed by atoms with E-state index in [2.05, 4.69) is 28.0 Å². The maximum Gasteiger partial charge on any atom is 0.119 e. The van der Waals surface area contributed by atoms with Crippen molar-refractivity contribution < 1.29 is 4.74 Å². The van der Waals surface area contributed by atoms with Crippen molar-refractivity contribution in [2.75, 3.05) is 45.9 Å². The molecule has 3 nitrogen and oxygen atoms in total. The topological polar surface area (TPSA) is 15.7 Å². The molecule has 1 unspecified atom stereocenters. The maximum atomic E-state index is 6.03. The van der Waals surface area contributed by atoms with Gasteiger partial charge in [0.2, 0.25) is 0 Å². The molecule has 0 bridgehead atoms. The lowest BCUT2D eigenvalue weighted by Crippen LogP contribution is -2.30. The van der Waals surface area contributed by atoms with Crippen LogP contribution < -0.4 is 4.74 Å². The normalized spacial score (nSPS) is 24.6. The molecule has 1 aromatic rings. The highest BCUT2D eigenvalue weighted by atomic mass is 16.5. The number of benzene rings is 1. The number of ether oxygens (including phenoxy) is 1. The molecule has 4 rings (SSSR count). The molecule has 2 saturated heterocycles. The average Bonchev–Trinajstić information content (AvgIpc) is 3.33. The van der Waals surface area contributed by atoms with Crippen LogP contribution in [-0.2, 0) is 12.8 Å². The highest BCUT2D eigenvalue weighted by molar-refractivity contribution is 5.37. The van der Waals surface area contributed by atoms with Crippen molar-refractivity contribution in [2.24, 2.45) is 5.92 Å². The Hall–Kier alpha value is -1.06. The van der Waals surface area contributed by atoms with Crippen molar-refractivity contribution in [3.8, 4) is 5.75 Å². The molecule has 3 heteroatoms. The molecule has 2 heterocycles. The number of fused-ring (bicyclic) bond motifs is 1. The van der Waals surface area contributed by atoms with E-state index in [-0.39, 0.29) is 0 Å². The minimum absolute atomic E-state index is 0.854. The summed E-state index contributed by atoms with van der Waals surface area (Å²) in [6, 6.07) is 6.85. The molecule has 2 fully saturated rings. The number of aryl methyl sites for hydroxylation is 1. The second kappa shape index (κ2) is 8.55. The summed E-state index contributed by atoms with van der Waals surface area (Å²) in [5, 5.41) is 0. The Labute approximate surface area is 153 Å². The van der Waals surface area contributed by atoms with Gasteiger partial charge in [-0.3, -0.25) is 0 Å². The van der Waals surface area contributed by atoms with Crippen LogP contribution in [0.4, 0.5) is 0 Å². The molecule has 1 aliphatic carbocycles. The molecule has 1 atom stereocenters. The van der Waals surface area contributed by atoms with Crippen LogP contribution in [-0.4, -0.2) is 55.7 Å². The van der Waals surface area contributed by atoms with E-state index in [1.807, 2.05) is 0 Å². The Morgan fingerprint density at radius 3 is 2.48 bits per heavy atom. The Morgan fingerprint density at radius 1 is 0.920 bits per heavy atom. The third-order valence-electron chi connectivity index (χ3n) is 6.31. The predicted molar refractivity (Wildman–Crippen MR) is 103 cm³/mol. The molecule has 0 aromatic heterocycles. The van der Waals surface area contributed by atoms with Crippen LogP contribution in [0.25, 0.3) is 0 Å². The van der Waals surface area contributed by atoms with Crippen LogP contribution >= 0.6 is 0 Å². The molecule has 1 aromatic carbocycles. The fraction of sp³-hybridized carbons (Fsp3) is 0.727. The lowest BCUT2D eigenvalue weighted by molar-refractivity contribution is 0.258. The molecule has 0 spiro atoms. The highest BCUT2D eigenvalue weighted by Gasteiger charge is 2.22. The summed E-state index contributed by atoms with van der Waals surface area (Å²) in [6.45, 7) is 8.60. The van der Waals surface area contributed by atoms with Crippen LogP contribution in [0.3, 0.4) is 0 Å². The van der Waals surface area contributed by atoms with Gasteiger partial charge in [-0.05, 0) is 107 Å². The summed E-state index contributed by atoms with van der Waals surface area (Å²) >= 11 is 0. The minimum atomic E-state index is 0.854. The van der Waals surface area contributed by atoms with Gasteiger partial charge in [-0.15, -0.1) is 0 Å². The van der Waals surface area contributed by atoms with Gasteiger partial charge in [-0.25, -0.2) is 0 Å². The number of hydrogen-bond donors (Lipinski definition) is 0.